The molecule has 2 aromatic carbocycles. The van der Waals surface area contributed by atoms with E-state index in [1.807, 2.05) is 18.2 Å². The van der Waals surface area contributed by atoms with Crippen LogP contribution in [0.25, 0.3) is 0 Å². The summed E-state index contributed by atoms with van der Waals surface area (Å²) < 4.78 is 2.57. The first-order chi connectivity index (χ1) is 14.6. The van der Waals surface area contributed by atoms with E-state index in [2.05, 4.69) is 31.3 Å². The van der Waals surface area contributed by atoms with Crippen molar-refractivity contribution in [2.24, 2.45) is 0 Å². The Morgan fingerprint density at radius 1 is 0.900 bits per heavy atom. The van der Waals surface area contributed by atoms with Gasteiger partial charge in [0, 0.05) is 34.1 Å². The molecule has 0 saturated heterocycles. The zero-order valence-electron chi connectivity index (χ0n) is 15.8. The van der Waals surface area contributed by atoms with Gasteiger partial charge in [0.2, 0.25) is 0 Å². The monoisotopic (exact) mass is 460 g/mol. The van der Waals surface area contributed by atoms with Crippen LogP contribution < -0.4 is 5.32 Å². The number of nitrogens with one attached hydrogen (secondary N) is 1. The van der Waals surface area contributed by atoms with Gasteiger partial charge in [-0.05, 0) is 42.5 Å². The third-order valence-corrected chi connectivity index (χ3v) is 4.98. The Kier molecular flexibility index (Phi) is 5.81. The number of nitrogens with zero attached hydrogens (tertiary/aromatic N) is 3. The fraction of sp³-hybridized carbons (Fsp3) is 0.0435. The number of aromatic nitrogens is 3. The summed E-state index contributed by atoms with van der Waals surface area (Å²) in [4.78, 5) is 30.0. The van der Waals surface area contributed by atoms with E-state index in [4.69, 9.17) is 0 Å². The van der Waals surface area contributed by atoms with Gasteiger partial charge in [0.25, 0.3) is 5.91 Å². The number of benzene rings is 2. The van der Waals surface area contributed by atoms with Gasteiger partial charge in [-0.25, -0.2) is 0 Å². The summed E-state index contributed by atoms with van der Waals surface area (Å²) in [5, 5.41) is 7.14. The van der Waals surface area contributed by atoms with Gasteiger partial charge in [0.1, 0.15) is 0 Å². The molecule has 6 nitrogen and oxygen atoms in total. The molecule has 4 rings (SSSR count). The van der Waals surface area contributed by atoms with Gasteiger partial charge < -0.3 is 5.32 Å². The lowest BCUT2D eigenvalue weighted by molar-refractivity contribution is 0.0996. The van der Waals surface area contributed by atoms with Gasteiger partial charge >= 0.3 is 0 Å². The number of anilines is 1. The van der Waals surface area contributed by atoms with E-state index < -0.39 is 0 Å². The fourth-order valence-electron chi connectivity index (χ4n) is 2.99. The largest absolute Gasteiger partial charge is 0.305 e. The van der Waals surface area contributed by atoms with Crippen LogP contribution in [-0.2, 0) is 6.54 Å². The van der Waals surface area contributed by atoms with Crippen LogP contribution >= 0.6 is 15.9 Å². The Hall–Kier alpha value is -3.58. The highest BCUT2D eigenvalue weighted by atomic mass is 79.9. The molecule has 0 aliphatic carbocycles. The Balaban J connectivity index is 1.52. The predicted octanol–water partition coefficient (Wildman–Crippen LogP) is 4.57. The normalized spacial score (nSPS) is 10.6. The minimum atomic E-state index is -0.390. The van der Waals surface area contributed by atoms with E-state index in [1.165, 1.54) is 0 Å². The minimum absolute atomic E-state index is 0.214. The summed E-state index contributed by atoms with van der Waals surface area (Å²) >= 11 is 3.36. The highest BCUT2D eigenvalue weighted by Crippen LogP contribution is 2.18. The molecule has 2 heterocycles. The van der Waals surface area contributed by atoms with Crippen LogP contribution in [0.3, 0.4) is 0 Å². The number of hydrogen-bond donors (Lipinski definition) is 1. The van der Waals surface area contributed by atoms with Crippen LogP contribution in [0.15, 0.2) is 89.7 Å². The van der Waals surface area contributed by atoms with Crippen molar-refractivity contribution in [3.8, 4) is 0 Å². The average Bonchev–Trinajstić information content (AvgIpc) is 3.21. The third-order valence-electron chi connectivity index (χ3n) is 4.46. The zero-order chi connectivity index (χ0) is 20.9. The smallest absolute Gasteiger partial charge is 0.257 e. The van der Waals surface area contributed by atoms with Crippen molar-refractivity contribution in [3.63, 3.8) is 0 Å². The topological polar surface area (TPSA) is 76.9 Å². The van der Waals surface area contributed by atoms with Crippen molar-refractivity contribution in [1.29, 1.82) is 0 Å². The van der Waals surface area contributed by atoms with Crippen LogP contribution in [0, 0.1) is 0 Å². The van der Waals surface area contributed by atoms with Crippen molar-refractivity contribution in [1.82, 2.24) is 14.8 Å². The number of ketones is 1. The van der Waals surface area contributed by atoms with Gasteiger partial charge in [0.05, 0.1) is 17.8 Å². The van der Waals surface area contributed by atoms with Crippen molar-refractivity contribution < 1.29 is 9.59 Å². The lowest BCUT2D eigenvalue weighted by Crippen LogP contribution is -2.17. The van der Waals surface area contributed by atoms with E-state index in [0.29, 0.717) is 29.1 Å². The summed E-state index contributed by atoms with van der Waals surface area (Å²) in [6.07, 6.45) is 3.49. The summed E-state index contributed by atoms with van der Waals surface area (Å²) in [5.41, 5.74) is 2.01. The van der Waals surface area contributed by atoms with Gasteiger partial charge in [-0.15, -0.1) is 0 Å². The molecule has 0 radical (unpaired) electrons. The molecule has 1 N–H and O–H groups in total. The molecule has 0 atom stereocenters. The van der Waals surface area contributed by atoms with E-state index >= 15 is 0 Å². The average molecular weight is 461 g/mol. The second-order valence-corrected chi connectivity index (χ2v) is 7.47. The fourth-order valence-corrected chi connectivity index (χ4v) is 3.26. The summed E-state index contributed by atoms with van der Waals surface area (Å²) in [6.45, 7) is 0.495. The van der Waals surface area contributed by atoms with Crippen LogP contribution in [0.2, 0.25) is 0 Å². The zero-order valence-corrected chi connectivity index (χ0v) is 17.4. The van der Waals surface area contributed by atoms with Crippen LogP contribution in [-0.4, -0.2) is 26.5 Å². The molecular weight excluding hydrogens is 444 g/mol. The van der Waals surface area contributed by atoms with E-state index in [0.717, 1.165) is 10.2 Å². The summed E-state index contributed by atoms with van der Waals surface area (Å²) in [5.74, 6) is -0.199. The van der Waals surface area contributed by atoms with Gasteiger partial charge in [-0.3, -0.25) is 19.3 Å². The van der Waals surface area contributed by atoms with Crippen molar-refractivity contribution in [2.75, 3.05) is 5.32 Å². The number of pyridine rings is 1. The van der Waals surface area contributed by atoms with Crippen LogP contribution in [0.5, 0.6) is 0 Å². The standard InChI is InChI=1S/C23H17BrN4O2/c24-17-10-8-16(9-11-17)22(29)19-6-1-2-7-20(19)23(30)26-21-12-14-28(27-21)15-18-5-3-4-13-25-18/h1-14H,15H2,(H,26,27,30). The third kappa shape index (κ3) is 4.52. The number of rotatable bonds is 6. The second-order valence-electron chi connectivity index (χ2n) is 6.56. The Bertz CT molecular complexity index is 1190. The first-order valence-corrected chi connectivity index (χ1v) is 10.0. The maximum Gasteiger partial charge on any atom is 0.257 e. The predicted molar refractivity (Wildman–Crippen MR) is 118 cm³/mol. The molecule has 2 aromatic heterocycles. The van der Waals surface area contributed by atoms with Crippen molar-refractivity contribution in [3.05, 3.63) is 112 Å². The van der Waals surface area contributed by atoms with Crippen LogP contribution in [0.4, 0.5) is 5.82 Å². The number of carbonyl (C=O) groups excluding carboxylic acids is 2. The molecule has 0 spiro atoms. The molecular formula is C23H17BrN4O2. The molecule has 0 aliphatic rings. The summed E-state index contributed by atoms with van der Waals surface area (Å²) in [6, 6.07) is 21.2. The molecule has 0 bridgehead atoms. The lowest BCUT2D eigenvalue weighted by Gasteiger charge is -2.09. The second kappa shape index (κ2) is 8.84. The Morgan fingerprint density at radius 2 is 1.63 bits per heavy atom. The summed E-state index contributed by atoms with van der Waals surface area (Å²) in [7, 11) is 0. The molecule has 30 heavy (non-hydrogen) atoms. The molecule has 1 amide bonds. The first kappa shape index (κ1) is 19.7. The molecule has 7 heteroatoms. The Morgan fingerprint density at radius 3 is 2.37 bits per heavy atom. The van der Waals surface area contributed by atoms with Crippen molar-refractivity contribution >= 4 is 33.4 Å². The van der Waals surface area contributed by atoms with Gasteiger partial charge in [-0.1, -0.05) is 40.2 Å². The van der Waals surface area contributed by atoms with E-state index in [9.17, 15) is 9.59 Å². The highest BCUT2D eigenvalue weighted by molar-refractivity contribution is 9.10. The maximum absolute atomic E-state index is 12.9. The van der Waals surface area contributed by atoms with Crippen molar-refractivity contribution in [2.45, 2.75) is 6.54 Å². The lowest BCUT2D eigenvalue weighted by atomic mass is 9.98. The molecule has 148 valence electrons. The molecule has 0 saturated carbocycles. The van der Waals surface area contributed by atoms with Crippen LogP contribution in [0.1, 0.15) is 32.0 Å². The molecule has 0 fully saturated rings. The molecule has 0 aliphatic heterocycles. The number of amides is 1. The Labute approximate surface area is 181 Å². The SMILES string of the molecule is O=C(Nc1ccn(Cc2ccccn2)n1)c1ccccc1C(=O)c1ccc(Br)cc1. The quantitative estimate of drug-likeness (QED) is 0.427. The maximum atomic E-state index is 12.9. The number of carbonyl (C=O) groups is 2. The highest BCUT2D eigenvalue weighted by Gasteiger charge is 2.18. The van der Waals surface area contributed by atoms with Gasteiger partial charge in [0.15, 0.2) is 11.6 Å². The van der Waals surface area contributed by atoms with E-state index in [1.54, 1.807) is 71.7 Å². The van der Waals surface area contributed by atoms with E-state index in [-0.39, 0.29) is 11.7 Å². The number of hydrogen-bond acceptors (Lipinski definition) is 4. The first-order valence-electron chi connectivity index (χ1n) is 9.24. The van der Waals surface area contributed by atoms with Gasteiger partial charge in [-0.2, -0.15) is 5.10 Å². The number of halogens is 1. The molecule has 0 unspecified atom stereocenters. The minimum Gasteiger partial charge on any atom is -0.305 e. The molecule has 4 aromatic rings.